The zero-order valence-corrected chi connectivity index (χ0v) is 16.7. The van der Waals surface area contributed by atoms with Gasteiger partial charge in [-0.2, -0.15) is 0 Å². The van der Waals surface area contributed by atoms with Crippen molar-refractivity contribution in [3.05, 3.63) is 26.7 Å². The molecule has 1 N–H and O–H groups in total. The minimum absolute atomic E-state index is 0.123. The Morgan fingerprint density at radius 2 is 1.33 bits per heavy atom. The number of hydrogen-bond acceptors (Lipinski definition) is 5. The van der Waals surface area contributed by atoms with E-state index in [0.717, 1.165) is 0 Å². The van der Waals surface area contributed by atoms with E-state index in [2.05, 4.69) is 31.9 Å². The van der Waals surface area contributed by atoms with Crippen LogP contribution < -0.4 is 14.2 Å². The van der Waals surface area contributed by atoms with E-state index in [9.17, 15) is 9.59 Å². The first-order valence-electron chi connectivity index (χ1n) is 7.26. The van der Waals surface area contributed by atoms with Crippen molar-refractivity contribution in [2.45, 2.75) is 20.8 Å². The van der Waals surface area contributed by atoms with Gasteiger partial charge in [-0.3, -0.25) is 4.79 Å². The number of carbonyl (C=O) groups excluding carboxylic acids is 1. The number of carboxylic acid groups (broad SMARTS) is 1. The van der Waals surface area contributed by atoms with Crippen LogP contribution in [0.3, 0.4) is 0 Å². The number of allylic oxidation sites excluding steroid dienone is 1. The molecule has 0 aliphatic rings. The number of aliphatic carboxylic acids is 1. The number of Topliss-reactive ketones (excluding diaryl/α,β-unsaturated/α-hetero) is 1. The molecule has 0 heterocycles. The molecule has 0 saturated heterocycles. The van der Waals surface area contributed by atoms with Gasteiger partial charge < -0.3 is 19.3 Å². The molecule has 0 atom stereocenters. The molecule has 132 valence electrons. The number of carboxylic acids is 1. The van der Waals surface area contributed by atoms with Crippen molar-refractivity contribution < 1.29 is 28.9 Å². The SMILES string of the molecule is CCOc1cc(OCC)c(C(=O)/C(Br)=C(/Br)C(=O)O)cc1OCC. The summed E-state index contributed by atoms with van der Waals surface area (Å²) >= 11 is 5.89. The molecule has 6 nitrogen and oxygen atoms in total. The minimum atomic E-state index is -1.26. The fourth-order valence-electron chi connectivity index (χ4n) is 1.84. The highest BCUT2D eigenvalue weighted by molar-refractivity contribution is 9.14. The van der Waals surface area contributed by atoms with Crippen LogP contribution in [0.4, 0.5) is 0 Å². The Labute approximate surface area is 157 Å². The van der Waals surface area contributed by atoms with Crippen LogP contribution in [0, 0.1) is 0 Å². The van der Waals surface area contributed by atoms with Crippen LogP contribution in [0.5, 0.6) is 17.2 Å². The van der Waals surface area contributed by atoms with Crippen LogP contribution in [-0.4, -0.2) is 36.7 Å². The second kappa shape index (κ2) is 9.68. The predicted octanol–water partition coefficient (Wildman–Crippen LogP) is 4.15. The monoisotopic (exact) mass is 464 g/mol. The Hall–Kier alpha value is -1.54. The maximum Gasteiger partial charge on any atom is 0.344 e. The van der Waals surface area contributed by atoms with E-state index in [1.807, 2.05) is 13.8 Å². The van der Waals surface area contributed by atoms with Crippen LogP contribution in [0.2, 0.25) is 0 Å². The van der Waals surface area contributed by atoms with Gasteiger partial charge in [-0.25, -0.2) is 4.79 Å². The summed E-state index contributed by atoms with van der Waals surface area (Å²) in [6.07, 6.45) is 0. The third kappa shape index (κ3) is 4.98. The van der Waals surface area contributed by atoms with Gasteiger partial charge in [0, 0.05) is 6.07 Å². The first-order valence-corrected chi connectivity index (χ1v) is 8.85. The quantitative estimate of drug-likeness (QED) is 0.435. The molecule has 1 aromatic rings. The van der Waals surface area contributed by atoms with Crippen molar-refractivity contribution in [3.8, 4) is 17.2 Å². The number of carbonyl (C=O) groups is 2. The van der Waals surface area contributed by atoms with E-state index >= 15 is 0 Å². The van der Waals surface area contributed by atoms with E-state index in [1.54, 1.807) is 13.0 Å². The highest BCUT2D eigenvalue weighted by Gasteiger charge is 2.23. The molecule has 0 aliphatic carbocycles. The van der Waals surface area contributed by atoms with E-state index < -0.39 is 11.8 Å². The van der Waals surface area contributed by atoms with Crippen LogP contribution in [0.25, 0.3) is 0 Å². The fraction of sp³-hybridized carbons (Fsp3) is 0.375. The first kappa shape index (κ1) is 20.5. The lowest BCUT2D eigenvalue weighted by molar-refractivity contribution is -0.131. The van der Waals surface area contributed by atoms with Crippen molar-refractivity contribution >= 4 is 43.6 Å². The van der Waals surface area contributed by atoms with Gasteiger partial charge in [-0.15, -0.1) is 0 Å². The summed E-state index contributed by atoms with van der Waals surface area (Å²) < 4.78 is 16.1. The van der Waals surface area contributed by atoms with Gasteiger partial charge in [-0.1, -0.05) is 0 Å². The molecule has 0 saturated carbocycles. The molecule has 0 bridgehead atoms. The molecule has 0 aliphatic heterocycles. The molecule has 0 unspecified atom stereocenters. The zero-order chi connectivity index (χ0) is 18.3. The fourth-order valence-corrected chi connectivity index (χ4v) is 2.41. The number of ketones is 1. The summed E-state index contributed by atoms with van der Waals surface area (Å²) in [5.74, 6) is -0.674. The second-order valence-corrected chi connectivity index (χ2v) is 5.94. The summed E-state index contributed by atoms with van der Waals surface area (Å²) in [5, 5.41) is 9.01. The van der Waals surface area contributed by atoms with Crippen LogP contribution in [-0.2, 0) is 4.79 Å². The normalized spacial score (nSPS) is 11.5. The molecule has 8 heteroatoms. The van der Waals surface area contributed by atoms with Gasteiger partial charge in [0.1, 0.15) is 10.2 Å². The highest BCUT2D eigenvalue weighted by Crippen LogP contribution is 2.37. The van der Waals surface area contributed by atoms with Gasteiger partial charge in [0.05, 0.1) is 29.9 Å². The van der Waals surface area contributed by atoms with E-state index in [4.69, 9.17) is 19.3 Å². The van der Waals surface area contributed by atoms with Crippen molar-refractivity contribution in [1.29, 1.82) is 0 Å². The molecular weight excluding hydrogens is 448 g/mol. The van der Waals surface area contributed by atoms with Crippen LogP contribution >= 0.6 is 31.9 Å². The summed E-state index contributed by atoms with van der Waals surface area (Å²) in [6.45, 7) is 6.57. The zero-order valence-electron chi connectivity index (χ0n) is 13.5. The number of halogens is 2. The molecule has 0 fully saturated rings. The molecular formula is C16H18Br2O6. The number of rotatable bonds is 9. The lowest BCUT2D eigenvalue weighted by atomic mass is 10.1. The molecule has 0 aromatic heterocycles. The Morgan fingerprint density at radius 1 is 0.875 bits per heavy atom. The topological polar surface area (TPSA) is 82.1 Å². The Kier molecular flexibility index (Phi) is 8.27. The van der Waals surface area contributed by atoms with Gasteiger partial charge in [0.15, 0.2) is 11.5 Å². The summed E-state index contributed by atoms with van der Waals surface area (Å²) in [4.78, 5) is 23.7. The lowest BCUT2D eigenvalue weighted by Crippen LogP contribution is -2.09. The molecule has 0 radical (unpaired) electrons. The summed E-state index contributed by atoms with van der Waals surface area (Å²) in [7, 11) is 0. The Bertz CT molecular complexity index is 654. The standard InChI is InChI=1S/C16H18Br2O6/c1-4-22-10-8-12(24-6-3)11(23-5-2)7-9(10)15(19)13(17)14(18)16(20)21/h7-8H,4-6H2,1-3H3,(H,20,21)/b14-13-. The molecule has 1 aromatic carbocycles. The van der Waals surface area contributed by atoms with Crippen molar-refractivity contribution in [3.63, 3.8) is 0 Å². The Balaban J connectivity index is 3.48. The van der Waals surface area contributed by atoms with Gasteiger partial charge in [0.2, 0.25) is 5.78 Å². The van der Waals surface area contributed by atoms with Crippen molar-refractivity contribution in [2.75, 3.05) is 19.8 Å². The summed E-state index contributed by atoms with van der Waals surface area (Å²) in [5.41, 5.74) is 0.175. The highest BCUT2D eigenvalue weighted by atomic mass is 79.9. The first-order chi connectivity index (χ1) is 11.4. The average Bonchev–Trinajstić information content (AvgIpc) is 2.55. The maximum atomic E-state index is 12.6. The van der Waals surface area contributed by atoms with E-state index in [-0.39, 0.29) is 20.3 Å². The Morgan fingerprint density at radius 3 is 1.79 bits per heavy atom. The molecule has 0 amide bonds. The molecule has 24 heavy (non-hydrogen) atoms. The van der Waals surface area contributed by atoms with Crippen LogP contribution in [0.1, 0.15) is 31.1 Å². The third-order valence-corrected chi connectivity index (χ3v) is 4.79. The smallest absolute Gasteiger partial charge is 0.344 e. The van der Waals surface area contributed by atoms with Crippen molar-refractivity contribution in [1.82, 2.24) is 0 Å². The van der Waals surface area contributed by atoms with E-state index in [1.165, 1.54) is 6.07 Å². The number of hydrogen-bond donors (Lipinski definition) is 1. The lowest BCUT2D eigenvalue weighted by Gasteiger charge is -2.16. The van der Waals surface area contributed by atoms with Crippen molar-refractivity contribution in [2.24, 2.45) is 0 Å². The largest absolute Gasteiger partial charge is 0.493 e. The van der Waals surface area contributed by atoms with Gasteiger partial charge >= 0.3 is 5.97 Å². The average molecular weight is 466 g/mol. The van der Waals surface area contributed by atoms with Crippen LogP contribution in [0.15, 0.2) is 21.1 Å². The number of benzene rings is 1. The predicted molar refractivity (Wildman–Crippen MR) is 96.8 cm³/mol. The second-order valence-electron chi connectivity index (χ2n) is 4.36. The minimum Gasteiger partial charge on any atom is -0.493 e. The van der Waals surface area contributed by atoms with E-state index in [0.29, 0.717) is 31.3 Å². The molecule has 1 rings (SSSR count). The number of ether oxygens (including phenoxy) is 3. The third-order valence-electron chi connectivity index (χ3n) is 2.77. The van der Waals surface area contributed by atoms with Gasteiger partial charge in [0.25, 0.3) is 0 Å². The maximum absolute atomic E-state index is 12.6. The van der Waals surface area contributed by atoms with Gasteiger partial charge in [-0.05, 0) is 58.7 Å². The molecule has 0 spiro atoms. The summed E-state index contributed by atoms with van der Waals surface area (Å²) in [6, 6.07) is 3.06.